The summed E-state index contributed by atoms with van der Waals surface area (Å²) in [6.45, 7) is 0.243. The summed E-state index contributed by atoms with van der Waals surface area (Å²) < 4.78 is 2.77. The van der Waals surface area contributed by atoms with E-state index in [1.165, 1.54) is 0 Å². The third kappa shape index (κ3) is 4.03. The zero-order valence-corrected chi connectivity index (χ0v) is 14.5. The molecule has 0 radical (unpaired) electrons. The summed E-state index contributed by atoms with van der Waals surface area (Å²) in [6, 6.07) is 16.7. The quantitative estimate of drug-likeness (QED) is 0.492. The first kappa shape index (κ1) is 15.8. The molecule has 0 unspecified atom stereocenters. The zero-order chi connectivity index (χ0) is 16.2. The van der Waals surface area contributed by atoms with Crippen LogP contribution in [0.2, 0.25) is 5.02 Å². The highest BCUT2D eigenvalue weighted by molar-refractivity contribution is 9.10. The fourth-order valence-corrected chi connectivity index (χ4v) is 2.71. The van der Waals surface area contributed by atoms with Gasteiger partial charge in [-0.15, -0.1) is 0 Å². The van der Waals surface area contributed by atoms with Gasteiger partial charge in [0.2, 0.25) is 5.78 Å². The van der Waals surface area contributed by atoms with Gasteiger partial charge in [0.05, 0.1) is 6.20 Å². The predicted molar refractivity (Wildman–Crippen MR) is 93.4 cm³/mol. The number of benzene rings is 2. The molecule has 0 fully saturated rings. The molecule has 114 valence electrons. The molecule has 0 bridgehead atoms. The smallest absolute Gasteiger partial charge is 0.287 e. The molecular weight excluding hydrogens is 376 g/mol. The van der Waals surface area contributed by atoms with Gasteiger partial charge in [-0.2, -0.15) is 0 Å². The van der Waals surface area contributed by atoms with Crippen molar-refractivity contribution >= 4 is 33.3 Å². The summed E-state index contributed by atoms with van der Waals surface area (Å²) in [5.74, 6) is 0.0173. The average Bonchev–Trinajstić information content (AvgIpc) is 2.56. The first-order chi connectivity index (χ1) is 11.1. The number of rotatable bonds is 4. The van der Waals surface area contributed by atoms with E-state index in [0.29, 0.717) is 10.6 Å². The van der Waals surface area contributed by atoms with Gasteiger partial charge in [-0.25, -0.2) is 4.57 Å². The largest absolute Gasteiger partial charge is 0.290 e. The van der Waals surface area contributed by atoms with Crippen molar-refractivity contribution in [2.45, 2.75) is 6.54 Å². The lowest BCUT2D eigenvalue weighted by atomic mass is 10.1. The Hall–Kier alpha value is -2.04. The molecule has 2 aromatic carbocycles. The third-order valence-electron chi connectivity index (χ3n) is 3.38. The fourth-order valence-electron chi connectivity index (χ4n) is 2.19. The van der Waals surface area contributed by atoms with Gasteiger partial charge in [0, 0.05) is 26.7 Å². The number of carbonyl (C=O) groups is 1. The van der Waals surface area contributed by atoms with E-state index in [4.69, 9.17) is 11.6 Å². The van der Waals surface area contributed by atoms with Gasteiger partial charge < -0.3 is 0 Å². The van der Waals surface area contributed by atoms with Gasteiger partial charge in [-0.1, -0.05) is 39.7 Å². The fraction of sp³-hybridized carbons (Fsp3) is 0.0556. The summed E-state index contributed by atoms with van der Waals surface area (Å²) in [6.07, 6.45) is 3.53. The Kier molecular flexibility index (Phi) is 4.84. The highest BCUT2D eigenvalue weighted by atomic mass is 79.9. The Balaban J connectivity index is 1.75. The maximum Gasteiger partial charge on any atom is 0.287 e. The van der Waals surface area contributed by atoms with Crippen molar-refractivity contribution in [2.75, 3.05) is 0 Å². The minimum atomic E-state index is 0.0173. The van der Waals surface area contributed by atoms with Gasteiger partial charge in [0.15, 0.2) is 12.2 Å². The molecule has 3 nitrogen and oxygen atoms in total. The van der Waals surface area contributed by atoms with Crippen LogP contribution < -0.4 is 4.57 Å². The Morgan fingerprint density at radius 1 is 1.13 bits per heavy atom. The van der Waals surface area contributed by atoms with Crippen LogP contribution in [0.3, 0.4) is 0 Å². The van der Waals surface area contributed by atoms with Crippen LogP contribution in [0.1, 0.15) is 10.4 Å². The minimum absolute atomic E-state index is 0.0173. The van der Waals surface area contributed by atoms with E-state index < -0.39 is 0 Å². The van der Waals surface area contributed by atoms with Crippen molar-refractivity contribution in [3.05, 3.63) is 82.2 Å². The van der Waals surface area contributed by atoms with Crippen LogP contribution in [0.4, 0.5) is 0 Å². The molecule has 23 heavy (non-hydrogen) atoms. The third-order valence-corrected chi connectivity index (χ3v) is 4.13. The highest BCUT2D eigenvalue weighted by Gasteiger charge is 2.12. The first-order valence-corrected chi connectivity index (χ1v) is 8.19. The number of nitrogens with zero attached hydrogens (tertiary/aromatic N) is 2. The van der Waals surface area contributed by atoms with Crippen molar-refractivity contribution in [3.8, 4) is 11.3 Å². The second kappa shape index (κ2) is 7.02. The number of hydrogen-bond acceptors (Lipinski definition) is 2. The van der Waals surface area contributed by atoms with Gasteiger partial charge in [-0.05, 0) is 41.4 Å². The van der Waals surface area contributed by atoms with Crippen molar-refractivity contribution in [3.63, 3.8) is 0 Å². The molecule has 0 saturated carbocycles. The van der Waals surface area contributed by atoms with Crippen molar-refractivity contribution in [2.24, 2.45) is 0 Å². The molecule has 0 saturated heterocycles. The summed E-state index contributed by atoms with van der Waals surface area (Å²) >= 11 is 9.28. The second-order valence-corrected chi connectivity index (χ2v) is 6.41. The first-order valence-electron chi connectivity index (χ1n) is 7.01. The molecular formula is C18H13BrClN2O+. The van der Waals surface area contributed by atoms with Crippen LogP contribution in [0.5, 0.6) is 0 Å². The van der Waals surface area contributed by atoms with Gasteiger partial charge >= 0.3 is 0 Å². The van der Waals surface area contributed by atoms with E-state index >= 15 is 0 Å². The van der Waals surface area contributed by atoms with Crippen molar-refractivity contribution in [1.82, 2.24) is 4.98 Å². The standard InChI is InChI=1S/C18H13BrClN2O/c19-15-3-1-2-14(10-15)17-8-9-22(12-21-17)11-18(23)13-4-6-16(20)7-5-13/h1-10,12H,11H2/q+1. The molecule has 0 atom stereocenters. The topological polar surface area (TPSA) is 33.8 Å². The average molecular weight is 389 g/mol. The number of carbonyl (C=O) groups excluding carboxylic acids is 1. The number of ketones is 1. The molecule has 5 heteroatoms. The minimum Gasteiger partial charge on any atom is -0.290 e. The van der Waals surface area contributed by atoms with Gasteiger partial charge in [0.1, 0.15) is 0 Å². The van der Waals surface area contributed by atoms with E-state index in [1.807, 2.05) is 36.5 Å². The number of Topliss-reactive ketones (excluding diaryl/α,β-unsaturated/α-hetero) is 1. The lowest BCUT2D eigenvalue weighted by Gasteiger charge is -2.01. The van der Waals surface area contributed by atoms with Crippen LogP contribution in [0.15, 0.2) is 71.6 Å². The monoisotopic (exact) mass is 387 g/mol. The van der Waals surface area contributed by atoms with Crippen LogP contribution >= 0.6 is 27.5 Å². The Labute approximate surface area is 147 Å². The maximum absolute atomic E-state index is 12.2. The van der Waals surface area contributed by atoms with Gasteiger partial charge in [0.25, 0.3) is 6.33 Å². The lowest BCUT2D eigenvalue weighted by Crippen LogP contribution is -2.37. The molecule has 1 heterocycles. The summed E-state index contributed by atoms with van der Waals surface area (Å²) in [5, 5.41) is 0.620. The maximum atomic E-state index is 12.2. The Morgan fingerprint density at radius 3 is 2.57 bits per heavy atom. The molecule has 3 rings (SSSR count). The zero-order valence-electron chi connectivity index (χ0n) is 12.1. The van der Waals surface area contributed by atoms with E-state index in [1.54, 1.807) is 35.2 Å². The number of halogens is 2. The van der Waals surface area contributed by atoms with Crippen LogP contribution in [-0.4, -0.2) is 10.8 Å². The van der Waals surface area contributed by atoms with E-state index in [9.17, 15) is 4.79 Å². The highest BCUT2D eigenvalue weighted by Crippen LogP contribution is 2.20. The van der Waals surface area contributed by atoms with Crippen LogP contribution in [0, 0.1) is 0 Å². The molecule has 0 aliphatic carbocycles. The normalized spacial score (nSPS) is 10.5. The van der Waals surface area contributed by atoms with Gasteiger partial charge in [-0.3, -0.25) is 4.79 Å². The summed E-state index contributed by atoms with van der Waals surface area (Å²) in [4.78, 5) is 16.6. The number of hydrogen-bond donors (Lipinski definition) is 0. The molecule has 1 aromatic heterocycles. The molecule has 0 spiro atoms. The predicted octanol–water partition coefficient (Wildman–Crippen LogP) is 4.33. The van der Waals surface area contributed by atoms with Crippen LogP contribution in [0.25, 0.3) is 11.3 Å². The van der Waals surface area contributed by atoms with E-state index in [0.717, 1.165) is 15.7 Å². The SMILES string of the molecule is O=C(C[n+]1ccc(-c2cccc(Br)c2)nc1)c1ccc(Cl)cc1. The molecule has 3 aromatic rings. The molecule has 0 N–H and O–H groups in total. The Morgan fingerprint density at radius 2 is 1.91 bits per heavy atom. The van der Waals surface area contributed by atoms with Crippen molar-refractivity contribution in [1.29, 1.82) is 0 Å². The number of aromatic nitrogens is 2. The molecule has 0 aliphatic rings. The summed E-state index contributed by atoms with van der Waals surface area (Å²) in [7, 11) is 0. The van der Waals surface area contributed by atoms with E-state index in [2.05, 4.69) is 20.9 Å². The van der Waals surface area contributed by atoms with Crippen LogP contribution in [-0.2, 0) is 6.54 Å². The molecule has 0 amide bonds. The van der Waals surface area contributed by atoms with Crippen molar-refractivity contribution < 1.29 is 9.36 Å². The summed E-state index contributed by atoms with van der Waals surface area (Å²) in [5.41, 5.74) is 2.52. The second-order valence-electron chi connectivity index (χ2n) is 5.06. The molecule has 0 aliphatic heterocycles. The lowest BCUT2D eigenvalue weighted by molar-refractivity contribution is -0.686. The Bertz CT molecular complexity index is 832. The van der Waals surface area contributed by atoms with E-state index in [-0.39, 0.29) is 12.3 Å².